The number of nitrogens with one attached hydrogen (secondary N) is 2. The van der Waals surface area contributed by atoms with Gasteiger partial charge in [-0.25, -0.2) is 4.98 Å². The van der Waals surface area contributed by atoms with Gasteiger partial charge in [0, 0.05) is 38.4 Å². The molecule has 1 aliphatic carbocycles. The lowest BCUT2D eigenvalue weighted by Crippen LogP contribution is -2.34. The van der Waals surface area contributed by atoms with E-state index in [2.05, 4.69) is 20.6 Å². The van der Waals surface area contributed by atoms with E-state index in [0.717, 1.165) is 31.5 Å². The summed E-state index contributed by atoms with van der Waals surface area (Å²) in [6.45, 7) is 0.665. The monoisotopic (exact) mass is 421 g/mol. The maximum absolute atomic E-state index is 12.3. The van der Waals surface area contributed by atoms with E-state index < -0.39 is 0 Å². The van der Waals surface area contributed by atoms with Gasteiger partial charge in [-0.3, -0.25) is 4.79 Å². The zero-order valence-electron chi connectivity index (χ0n) is 16.1. The van der Waals surface area contributed by atoms with E-state index in [-0.39, 0.29) is 5.91 Å². The maximum atomic E-state index is 12.3. The Morgan fingerprint density at radius 1 is 1.14 bits per heavy atom. The van der Waals surface area contributed by atoms with Crippen LogP contribution in [0.2, 0.25) is 10.0 Å². The zero-order valence-corrected chi connectivity index (χ0v) is 17.6. The van der Waals surface area contributed by atoms with Gasteiger partial charge in [-0.15, -0.1) is 0 Å². The Morgan fingerprint density at radius 2 is 1.89 bits per heavy atom. The summed E-state index contributed by atoms with van der Waals surface area (Å²) in [7, 11) is 3.92. The molecule has 150 valence electrons. The number of anilines is 2. The molecular formula is C20H25Cl2N5O. The zero-order chi connectivity index (χ0) is 20.1. The van der Waals surface area contributed by atoms with Crippen molar-refractivity contribution >= 4 is 40.9 Å². The van der Waals surface area contributed by atoms with E-state index >= 15 is 0 Å². The van der Waals surface area contributed by atoms with Crippen LogP contribution in [0.3, 0.4) is 0 Å². The van der Waals surface area contributed by atoms with Crippen molar-refractivity contribution in [1.29, 1.82) is 0 Å². The first kappa shape index (κ1) is 20.7. The predicted molar refractivity (Wildman–Crippen MR) is 115 cm³/mol. The average Bonchev–Trinajstić information content (AvgIpc) is 2.69. The quantitative estimate of drug-likeness (QED) is 0.729. The molecule has 2 N–H and O–H groups in total. The summed E-state index contributed by atoms with van der Waals surface area (Å²) in [6, 6.07) is 7.18. The lowest BCUT2D eigenvalue weighted by atomic mass is 9.86. The van der Waals surface area contributed by atoms with E-state index in [1.807, 2.05) is 25.1 Å². The number of nitrogens with zero attached hydrogens (tertiary/aromatic N) is 3. The Labute approximate surface area is 175 Å². The number of benzene rings is 1. The minimum atomic E-state index is -0.118. The molecule has 0 unspecified atom stereocenters. The van der Waals surface area contributed by atoms with Crippen LogP contribution in [0.4, 0.5) is 11.8 Å². The van der Waals surface area contributed by atoms with Gasteiger partial charge in [0.2, 0.25) is 5.95 Å². The van der Waals surface area contributed by atoms with Crippen LogP contribution in [0.15, 0.2) is 30.5 Å². The lowest BCUT2D eigenvalue weighted by Gasteiger charge is -2.29. The van der Waals surface area contributed by atoms with E-state index in [0.29, 0.717) is 40.1 Å². The molecule has 1 fully saturated rings. The highest BCUT2D eigenvalue weighted by Gasteiger charge is 2.22. The van der Waals surface area contributed by atoms with Crippen LogP contribution in [0.25, 0.3) is 0 Å². The number of aromatic nitrogens is 2. The summed E-state index contributed by atoms with van der Waals surface area (Å²) >= 11 is 11.9. The second-order valence-corrected chi connectivity index (χ2v) is 8.15. The molecule has 1 saturated carbocycles. The molecule has 0 saturated heterocycles. The SMILES string of the molecule is CN(C)c1ccnc(NC2CCC(CNC(=O)c3ccc(Cl)c(Cl)c3)CC2)n1. The van der Waals surface area contributed by atoms with E-state index in [9.17, 15) is 4.79 Å². The number of rotatable bonds is 6. The fourth-order valence-electron chi connectivity index (χ4n) is 3.34. The number of carbonyl (C=O) groups is 1. The lowest BCUT2D eigenvalue weighted by molar-refractivity contribution is 0.0943. The predicted octanol–water partition coefficient (Wildman–Crippen LogP) is 4.25. The highest BCUT2D eigenvalue weighted by molar-refractivity contribution is 6.42. The highest BCUT2D eigenvalue weighted by Crippen LogP contribution is 2.26. The minimum Gasteiger partial charge on any atom is -0.363 e. The van der Waals surface area contributed by atoms with Gasteiger partial charge in [0.15, 0.2) is 0 Å². The van der Waals surface area contributed by atoms with E-state index in [1.54, 1.807) is 24.4 Å². The van der Waals surface area contributed by atoms with Crippen molar-refractivity contribution in [2.75, 3.05) is 30.9 Å². The Kier molecular flexibility index (Phi) is 6.97. The van der Waals surface area contributed by atoms with Gasteiger partial charge >= 0.3 is 0 Å². The van der Waals surface area contributed by atoms with Crippen LogP contribution >= 0.6 is 23.2 Å². The summed E-state index contributed by atoms with van der Waals surface area (Å²) in [5.74, 6) is 1.91. The molecule has 1 aliphatic rings. The van der Waals surface area contributed by atoms with E-state index in [1.165, 1.54) is 0 Å². The molecule has 8 heteroatoms. The molecule has 0 aliphatic heterocycles. The number of amides is 1. The van der Waals surface area contributed by atoms with Gasteiger partial charge < -0.3 is 15.5 Å². The van der Waals surface area contributed by atoms with Crippen molar-refractivity contribution in [3.8, 4) is 0 Å². The Morgan fingerprint density at radius 3 is 2.57 bits per heavy atom. The highest BCUT2D eigenvalue weighted by atomic mass is 35.5. The second kappa shape index (κ2) is 9.43. The fourth-order valence-corrected chi connectivity index (χ4v) is 3.64. The minimum absolute atomic E-state index is 0.118. The number of hydrogen-bond acceptors (Lipinski definition) is 5. The average molecular weight is 422 g/mol. The fraction of sp³-hybridized carbons (Fsp3) is 0.450. The first-order valence-electron chi connectivity index (χ1n) is 9.42. The maximum Gasteiger partial charge on any atom is 0.251 e. The molecule has 2 aromatic rings. The van der Waals surface area contributed by atoms with Crippen LogP contribution in [0.5, 0.6) is 0 Å². The van der Waals surface area contributed by atoms with Crippen molar-refractivity contribution in [3.63, 3.8) is 0 Å². The van der Waals surface area contributed by atoms with Crippen LogP contribution < -0.4 is 15.5 Å². The number of halogens is 2. The molecule has 1 aromatic carbocycles. The van der Waals surface area contributed by atoms with Gasteiger partial charge in [0.05, 0.1) is 10.0 Å². The Hall–Kier alpha value is -2.05. The van der Waals surface area contributed by atoms with Gasteiger partial charge in [0.1, 0.15) is 5.82 Å². The summed E-state index contributed by atoms with van der Waals surface area (Å²) in [6.07, 6.45) is 5.93. The smallest absolute Gasteiger partial charge is 0.251 e. The molecule has 3 rings (SSSR count). The summed E-state index contributed by atoms with van der Waals surface area (Å²) in [5, 5.41) is 7.28. The normalized spacial score (nSPS) is 19.1. The van der Waals surface area contributed by atoms with Gasteiger partial charge in [-0.05, 0) is 55.9 Å². The molecule has 0 bridgehead atoms. The third-order valence-electron chi connectivity index (χ3n) is 5.01. The molecule has 0 spiro atoms. The van der Waals surface area contributed by atoms with Crippen molar-refractivity contribution in [2.24, 2.45) is 5.92 Å². The molecule has 1 heterocycles. The van der Waals surface area contributed by atoms with Crippen molar-refractivity contribution in [3.05, 3.63) is 46.1 Å². The van der Waals surface area contributed by atoms with Gasteiger partial charge in [-0.2, -0.15) is 4.98 Å². The van der Waals surface area contributed by atoms with Crippen LogP contribution in [-0.2, 0) is 0 Å². The van der Waals surface area contributed by atoms with Gasteiger partial charge in [-0.1, -0.05) is 23.2 Å². The molecule has 6 nitrogen and oxygen atoms in total. The first-order chi connectivity index (χ1) is 13.4. The van der Waals surface area contributed by atoms with Gasteiger partial charge in [0.25, 0.3) is 5.91 Å². The van der Waals surface area contributed by atoms with Crippen molar-refractivity contribution in [1.82, 2.24) is 15.3 Å². The van der Waals surface area contributed by atoms with E-state index in [4.69, 9.17) is 23.2 Å². The number of carbonyl (C=O) groups excluding carboxylic acids is 1. The second-order valence-electron chi connectivity index (χ2n) is 7.33. The van der Waals surface area contributed by atoms with Crippen molar-refractivity contribution in [2.45, 2.75) is 31.7 Å². The topological polar surface area (TPSA) is 70.2 Å². The standard InChI is InChI=1S/C20H25Cl2N5O/c1-27(2)18-9-10-23-20(26-18)25-15-6-3-13(4-7-15)12-24-19(28)14-5-8-16(21)17(22)11-14/h5,8-11,13,15H,3-4,6-7,12H2,1-2H3,(H,24,28)(H,23,25,26). The number of hydrogen-bond donors (Lipinski definition) is 2. The molecular weight excluding hydrogens is 397 g/mol. The molecule has 28 heavy (non-hydrogen) atoms. The Balaban J connectivity index is 1.44. The first-order valence-corrected chi connectivity index (χ1v) is 10.2. The van der Waals surface area contributed by atoms with Crippen LogP contribution in [0.1, 0.15) is 36.0 Å². The van der Waals surface area contributed by atoms with Crippen LogP contribution in [0, 0.1) is 5.92 Å². The summed E-state index contributed by atoms with van der Waals surface area (Å²) in [5.41, 5.74) is 0.530. The summed E-state index contributed by atoms with van der Waals surface area (Å²) < 4.78 is 0. The third-order valence-corrected chi connectivity index (χ3v) is 5.75. The van der Waals surface area contributed by atoms with Crippen LogP contribution in [-0.4, -0.2) is 42.6 Å². The summed E-state index contributed by atoms with van der Waals surface area (Å²) in [4.78, 5) is 23.1. The largest absolute Gasteiger partial charge is 0.363 e. The Bertz CT molecular complexity index is 822. The molecule has 1 amide bonds. The molecule has 0 radical (unpaired) electrons. The molecule has 1 aromatic heterocycles. The third kappa shape index (κ3) is 5.49. The molecule has 0 atom stereocenters. The van der Waals surface area contributed by atoms with Crippen molar-refractivity contribution < 1.29 is 4.79 Å².